The van der Waals surface area contributed by atoms with Crippen molar-refractivity contribution in [2.75, 3.05) is 0 Å². The van der Waals surface area contributed by atoms with Crippen LogP contribution in [-0.4, -0.2) is 26.0 Å². The standard InChI is InChI=1S/C21H21N5O3/c1-13-24-19(11-21(28)25-13)18(26-20(27)7-6-15-8-9-23-29-15)10-14-12-22-17-5-3-2-4-16(14)17/h2-5,8-9,11-12,18,22H,6-7,10H2,1H3,(H,26,27)(H,24,25,28)/t18-/m1/s1. The minimum Gasteiger partial charge on any atom is -0.361 e. The highest BCUT2D eigenvalue weighted by Crippen LogP contribution is 2.23. The Hall–Kier alpha value is -3.68. The van der Waals surface area contributed by atoms with Crippen LogP contribution in [0.15, 0.2) is 58.1 Å². The number of aryl methyl sites for hydroxylation is 2. The van der Waals surface area contributed by atoms with Crippen molar-refractivity contribution in [3.8, 4) is 0 Å². The summed E-state index contributed by atoms with van der Waals surface area (Å²) < 4.78 is 5.05. The van der Waals surface area contributed by atoms with E-state index >= 15 is 0 Å². The van der Waals surface area contributed by atoms with E-state index < -0.39 is 6.04 Å². The van der Waals surface area contributed by atoms with E-state index in [-0.39, 0.29) is 17.9 Å². The number of benzene rings is 1. The van der Waals surface area contributed by atoms with Crippen molar-refractivity contribution in [3.05, 3.63) is 82.0 Å². The third-order valence-electron chi connectivity index (χ3n) is 4.76. The molecule has 0 aliphatic rings. The van der Waals surface area contributed by atoms with Crippen LogP contribution in [0.25, 0.3) is 10.9 Å². The number of amides is 1. The highest BCUT2D eigenvalue weighted by atomic mass is 16.5. The average Bonchev–Trinajstić information content (AvgIpc) is 3.35. The van der Waals surface area contributed by atoms with E-state index in [0.29, 0.717) is 30.1 Å². The molecule has 0 aliphatic heterocycles. The topological polar surface area (TPSA) is 117 Å². The third kappa shape index (κ3) is 4.43. The fraction of sp³-hybridized carbons (Fsp3) is 0.238. The fourth-order valence-corrected chi connectivity index (χ4v) is 3.41. The second-order valence-corrected chi connectivity index (χ2v) is 6.92. The van der Waals surface area contributed by atoms with Crippen molar-refractivity contribution in [3.63, 3.8) is 0 Å². The molecule has 8 nitrogen and oxygen atoms in total. The second-order valence-electron chi connectivity index (χ2n) is 6.92. The smallest absolute Gasteiger partial charge is 0.251 e. The van der Waals surface area contributed by atoms with Gasteiger partial charge in [0.2, 0.25) is 5.91 Å². The number of H-pyrrole nitrogens is 2. The number of nitrogens with one attached hydrogen (secondary N) is 3. The lowest BCUT2D eigenvalue weighted by Gasteiger charge is -2.18. The third-order valence-corrected chi connectivity index (χ3v) is 4.76. The number of aromatic amines is 2. The van der Waals surface area contributed by atoms with Gasteiger partial charge in [0.1, 0.15) is 11.6 Å². The van der Waals surface area contributed by atoms with Crippen LogP contribution in [0.4, 0.5) is 0 Å². The molecule has 0 radical (unpaired) electrons. The van der Waals surface area contributed by atoms with Gasteiger partial charge in [-0.25, -0.2) is 4.98 Å². The maximum Gasteiger partial charge on any atom is 0.251 e. The van der Waals surface area contributed by atoms with Gasteiger partial charge in [0.05, 0.1) is 17.9 Å². The van der Waals surface area contributed by atoms with Crippen LogP contribution in [-0.2, 0) is 17.6 Å². The van der Waals surface area contributed by atoms with E-state index in [1.54, 1.807) is 19.2 Å². The van der Waals surface area contributed by atoms with Crippen molar-refractivity contribution in [2.24, 2.45) is 0 Å². The number of carbonyl (C=O) groups is 1. The summed E-state index contributed by atoms with van der Waals surface area (Å²) in [7, 11) is 0. The molecule has 4 aromatic rings. The maximum atomic E-state index is 12.6. The summed E-state index contributed by atoms with van der Waals surface area (Å²) in [6.07, 6.45) is 4.69. The number of rotatable bonds is 7. The van der Waals surface area contributed by atoms with Crippen molar-refractivity contribution >= 4 is 16.8 Å². The molecular weight excluding hydrogens is 370 g/mol. The zero-order chi connectivity index (χ0) is 20.2. The van der Waals surface area contributed by atoms with Gasteiger partial charge in [0.25, 0.3) is 5.56 Å². The van der Waals surface area contributed by atoms with Gasteiger partial charge in [-0.05, 0) is 18.6 Å². The Morgan fingerprint density at radius 2 is 2.14 bits per heavy atom. The van der Waals surface area contributed by atoms with Gasteiger partial charge in [-0.15, -0.1) is 0 Å². The van der Waals surface area contributed by atoms with Gasteiger partial charge >= 0.3 is 0 Å². The Morgan fingerprint density at radius 3 is 2.93 bits per heavy atom. The molecule has 0 bridgehead atoms. The molecule has 29 heavy (non-hydrogen) atoms. The first-order valence-electron chi connectivity index (χ1n) is 9.40. The zero-order valence-corrected chi connectivity index (χ0v) is 15.9. The van der Waals surface area contributed by atoms with Crippen LogP contribution in [0.5, 0.6) is 0 Å². The van der Waals surface area contributed by atoms with Crippen LogP contribution in [0, 0.1) is 6.92 Å². The van der Waals surface area contributed by atoms with Gasteiger partial charge in [0.15, 0.2) is 0 Å². The van der Waals surface area contributed by atoms with Crippen LogP contribution in [0.2, 0.25) is 0 Å². The SMILES string of the molecule is Cc1nc([C@@H](Cc2c[nH]c3ccccc23)NC(=O)CCc2ccno2)cc(=O)[nH]1. The predicted molar refractivity (Wildman–Crippen MR) is 107 cm³/mol. The normalized spacial score (nSPS) is 12.2. The molecule has 0 saturated carbocycles. The zero-order valence-electron chi connectivity index (χ0n) is 15.9. The molecule has 0 spiro atoms. The van der Waals surface area contributed by atoms with Crippen molar-refractivity contribution in [1.29, 1.82) is 0 Å². The molecule has 0 fully saturated rings. The van der Waals surface area contributed by atoms with Crippen LogP contribution in [0.3, 0.4) is 0 Å². The summed E-state index contributed by atoms with van der Waals surface area (Å²) in [4.78, 5) is 34.9. The van der Waals surface area contributed by atoms with Crippen LogP contribution >= 0.6 is 0 Å². The summed E-state index contributed by atoms with van der Waals surface area (Å²) in [6, 6.07) is 10.7. The first-order valence-corrected chi connectivity index (χ1v) is 9.40. The quantitative estimate of drug-likeness (QED) is 0.448. The van der Waals surface area contributed by atoms with Gasteiger partial charge in [-0.1, -0.05) is 23.4 Å². The molecule has 8 heteroatoms. The lowest BCUT2D eigenvalue weighted by atomic mass is 10.0. The first kappa shape index (κ1) is 18.7. The highest BCUT2D eigenvalue weighted by molar-refractivity contribution is 5.83. The van der Waals surface area contributed by atoms with E-state index in [0.717, 1.165) is 16.5 Å². The minimum absolute atomic E-state index is 0.147. The number of carbonyl (C=O) groups excluding carboxylic acids is 1. The number of para-hydroxylation sites is 1. The molecular formula is C21H21N5O3. The van der Waals surface area contributed by atoms with E-state index in [1.165, 1.54) is 6.07 Å². The second kappa shape index (κ2) is 8.14. The van der Waals surface area contributed by atoms with E-state index in [4.69, 9.17) is 4.52 Å². The van der Waals surface area contributed by atoms with E-state index in [2.05, 4.69) is 25.4 Å². The van der Waals surface area contributed by atoms with Gasteiger partial charge in [0, 0.05) is 48.5 Å². The Bertz CT molecular complexity index is 1180. The van der Waals surface area contributed by atoms with Crippen LogP contribution < -0.4 is 10.9 Å². The first-order chi connectivity index (χ1) is 14.1. The predicted octanol–water partition coefficient (Wildman–Crippen LogP) is 2.58. The van der Waals surface area contributed by atoms with Crippen LogP contribution in [0.1, 0.15) is 35.3 Å². The molecule has 0 aliphatic carbocycles. The molecule has 1 aromatic carbocycles. The van der Waals surface area contributed by atoms with E-state index in [1.807, 2.05) is 30.5 Å². The molecule has 1 amide bonds. The Kier molecular flexibility index (Phi) is 5.24. The molecule has 3 aromatic heterocycles. The summed E-state index contributed by atoms with van der Waals surface area (Å²) in [5.41, 5.74) is 2.35. The van der Waals surface area contributed by atoms with Crippen molar-refractivity contribution in [2.45, 2.75) is 32.2 Å². The van der Waals surface area contributed by atoms with Gasteiger partial charge in [-0.3, -0.25) is 9.59 Å². The highest BCUT2D eigenvalue weighted by Gasteiger charge is 2.20. The number of hydrogen-bond acceptors (Lipinski definition) is 5. The number of nitrogens with zero attached hydrogens (tertiary/aromatic N) is 2. The Morgan fingerprint density at radius 1 is 1.28 bits per heavy atom. The largest absolute Gasteiger partial charge is 0.361 e. The summed E-state index contributed by atoms with van der Waals surface area (Å²) in [5.74, 6) is 1.01. The maximum absolute atomic E-state index is 12.6. The molecule has 0 unspecified atom stereocenters. The van der Waals surface area contributed by atoms with Crippen molar-refractivity contribution < 1.29 is 9.32 Å². The lowest BCUT2D eigenvalue weighted by Crippen LogP contribution is -2.32. The molecule has 1 atom stereocenters. The lowest BCUT2D eigenvalue weighted by molar-refractivity contribution is -0.121. The summed E-state index contributed by atoms with van der Waals surface area (Å²) in [5, 5.41) is 7.75. The number of aromatic nitrogens is 4. The molecule has 3 heterocycles. The Balaban J connectivity index is 1.58. The summed E-state index contributed by atoms with van der Waals surface area (Å²) >= 11 is 0. The number of hydrogen-bond donors (Lipinski definition) is 3. The van der Waals surface area contributed by atoms with E-state index in [9.17, 15) is 9.59 Å². The van der Waals surface area contributed by atoms with Crippen molar-refractivity contribution in [1.82, 2.24) is 25.4 Å². The Labute approximate surface area is 166 Å². The molecule has 3 N–H and O–H groups in total. The molecule has 0 saturated heterocycles. The van der Waals surface area contributed by atoms with Gasteiger partial charge < -0.3 is 19.8 Å². The molecule has 4 rings (SSSR count). The monoisotopic (exact) mass is 391 g/mol. The summed E-state index contributed by atoms with van der Waals surface area (Å²) in [6.45, 7) is 1.72. The fourth-order valence-electron chi connectivity index (χ4n) is 3.41. The molecule has 148 valence electrons. The average molecular weight is 391 g/mol. The minimum atomic E-state index is -0.433. The number of fused-ring (bicyclic) bond motifs is 1. The van der Waals surface area contributed by atoms with Gasteiger partial charge in [-0.2, -0.15) is 0 Å².